The van der Waals surface area contributed by atoms with E-state index in [4.69, 9.17) is 4.74 Å². The number of amides is 3. The lowest BCUT2D eigenvalue weighted by atomic mass is 10.1. The van der Waals surface area contributed by atoms with Gasteiger partial charge in [-0.05, 0) is 51.3 Å². The van der Waals surface area contributed by atoms with Crippen LogP contribution in [0.1, 0.15) is 38.1 Å². The molecule has 1 atom stereocenters. The highest BCUT2D eigenvalue weighted by molar-refractivity contribution is 7.94. The van der Waals surface area contributed by atoms with Gasteiger partial charge in [-0.3, -0.25) is 14.8 Å². The maximum Gasteiger partial charge on any atom is 0.341 e. The molecule has 0 spiro atoms. The van der Waals surface area contributed by atoms with Crippen LogP contribution in [-0.2, 0) is 19.6 Å². The second-order valence-corrected chi connectivity index (χ2v) is 10.2. The topological polar surface area (TPSA) is 131 Å². The maximum atomic E-state index is 12.5. The molecule has 0 aliphatic rings. The number of benzene rings is 1. The highest BCUT2D eigenvalue weighted by Gasteiger charge is 2.25. The predicted molar refractivity (Wildman–Crippen MR) is 113 cm³/mol. The Bertz CT molecular complexity index is 1030. The molecule has 3 N–H and O–H groups in total. The monoisotopic (exact) mass is 453 g/mol. The molecule has 162 valence electrons. The van der Waals surface area contributed by atoms with Crippen LogP contribution in [0.25, 0.3) is 0 Å². The second-order valence-electron chi connectivity index (χ2n) is 7.32. The molecule has 1 heterocycles. The van der Waals surface area contributed by atoms with Crippen LogP contribution in [0.3, 0.4) is 0 Å². The van der Waals surface area contributed by atoms with Gasteiger partial charge in [0.2, 0.25) is 0 Å². The Labute approximate surface area is 178 Å². The number of ether oxygens (including phenoxy) is 1. The third-order valence-electron chi connectivity index (χ3n) is 3.53. The predicted octanol–water partition coefficient (Wildman–Crippen LogP) is 2.72. The first-order valence-corrected chi connectivity index (χ1v) is 11.2. The summed E-state index contributed by atoms with van der Waals surface area (Å²) in [5, 5.41) is 6.26. The van der Waals surface area contributed by atoms with Crippen molar-refractivity contribution in [1.82, 2.24) is 10.6 Å². The number of carbonyl (C=O) groups excluding carboxylic acids is 3. The molecule has 30 heavy (non-hydrogen) atoms. The number of urea groups is 1. The van der Waals surface area contributed by atoms with Gasteiger partial charge in [0.25, 0.3) is 15.9 Å². The zero-order valence-corrected chi connectivity index (χ0v) is 18.5. The zero-order chi connectivity index (χ0) is 22.5. The van der Waals surface area contributed by atoms with E-state index in [0.29, 0.717) is 0 Å². The van der Waals surface area contributed by atoms with Crippen molar-refractivity contribution in [2.45, 2.75) is 43.5 Å². The van der Waals surface area contributed by atoms with E-state index in [1.807, 2.05) is 0 Å². The molecular weight excluding hydrogens is 430 g/mol. The average molecular weight is 454 g/mol. The molecular formula is C19H23N3O6S2. The molecule has 0 aliphatic heterocycles. The number of para-hydroxylation sites is 1. The Morgan fingerprint density at radius 2 is 1.73 bits per heavy atom. The van der Waals surface area contributed by atoms with Gasteiger partial charge in [0.05, 0.1) is 11.3 Å². The van der Waals surface area contributed by atoms with Crippen molar-refractivity contribution in [1.29, 1.82) is 0 Å². The lowest BCUT2D eigenvalue weighted by molar-refractivity contribution is -0.127. The first kappa shape index (κ1) is 23.4. The fraction of sp³-hybridized carbons (Fsp3) is 0.316. The van der Waals surface area contributed by atoms with Crippen LogP contribution < -0.4 is 15.4 Å². The Balaban J connectivity index is 2.09. The molecule has 9 nitrogen and oxygen atoms in total. The number of hydrogen-bond acceptors (Lipinski definition) is 7. The number of carbonyl (C=O) groups is 3. The molecule has 0 radical (unpaired) electrons. The van der Waals surface area contributed by atoms with Crippen LogP contribution in [0.4, 0.5) is 10.5 Å². The Morgan fingerprint density at radius 1 is 1.07 bits per heavy atom. The van der Waals surface area contributed by atoms with Gasteiger partial charge in [0, 0.05) is 5.54 Å². The quantitative estimate of drug-likeness (QED) is 0.577. The Hall–Kier alpha value is -2.92. The minimum absolute atomic E-state index is 0.00832. The van der Waals surface area contributed by atoms with E-state index in [-0.39, 0.29) is 15.5 Å². The van der Waals surface area contributed by atoms with Crippen LogP contribution in [0.5, 0.6) is 0 Å². The van der Waals surface area contributed by atoms with E-state index in [2.05, 4.69) is 15.4 Å². The lowest BCUT2D eigenvalue weighted by Gasteiger charge is -2.21. The van der Waals surface area contributed by atoms with E-state index in [9.17, 15) is 22.8 Å². The van der Waals surface area contributed by atoms with Crippen molar-refractivity contribution in [3.8, 4) is 0 Å². The molecule has 11 heteroatoms. The summed E-state index contributed by atoms with van der Waals surface area (Å²) in [7, 11) is -3.88. The number of sulfonamides is 1. The smallest absolute Gasteiger partial charge is 0.341 e. The molecule has 0 bridgehead atoms. The first-order chi connectivity index (χ1) is 13.9. The SMILES string of the molecule is CC(OC(=O)c1ccccc1NS(=O)(=O)c1cccs1)C(=O)NC(=O)NC(C)(C)C. The summed E-state index contributed by atoms with van der Waals surface area (Å²) < 4.78 is 32.4. The number of nitrogens with one attached hydrogen (secondary N) is 3. The van der Waals surface area contributed by atoms with Crippen LogP contribution in [0, 0.1) is 0 Å². The minimum atomic E-state index is -3.88. The van der Waals surface area contributed by atoms with Gasteiger partial charge in [-0.15, -0.1) is 11.3 Å². The first-order valence-electron chi connectivity index (χ1n) is 8.88. The fourth-order valence-corrected chi connectivity index (χ4v) is 4.30. The van der Waals surface area contributed by atoms with Gasteiger partial charge in [-0.2, -0.15) is 0 Å². The second kappa shape index (κ2) is 9.26. The number of imide groups is 1. The van der Waals surface area contributed by atoms with Crippen molar-refractivity contribution in [3.05, 3.63) is 47.3 Å². The molecule has 2 rings (SSSR count). The molecule has 0 fully saturated rings. The summed E-state index contributed by atoms with van der Waals surface area (Å²) in [6.45, 7) is 6.54. The van der Waals surface area contributed by atoms with Crippen LogP contribution in [0.15, 0.2) is 46.0 Å². The summed E-state index contributed by atoms with van der Waals surface area (Å²) in [5.41, 5.74) is -0.617. The van der Waals surface area contributed by atoms with Crippen molar-refractivity contribution < 1.29 is 27.5 Å². The maximum absolute atomic E-state index is 12.5. The number of esters is 1. The van der Waals surface area contributed by atoms with Gasteiger partial charge in [-0.25, -0.2) is 18.0 Å². The van der Waals surface area contributed by atoms with Crippen molar-refractivity contribution >= 4 is 45.0 Å². The van der Waals surface area contributed by atoms with Crippen molar-refractivity contribution in [3.63, 3.8) is 0 Å². The lowest BCUT2D eigenvalue weighted by Crippen LogP contribution is -2.50. The zero-order valence-electron chi connectivity index (χ0n) is 16.9. The van der Waals surface area contributed by atoms with E-state index in [1.54, 1.807) is 38.3 Å². The normalized spacial score (nSPS) is 12.5. The van der Waals surface area contributed by atoms with Crippen molar-refractivity contribution in [2.24, 2.45) is 0 Å². The largest absolute Gasteiger partial charge is 0.449 e. The number of rotatable bonds is 6. The standard InChI is InChI=1S/C19H23N3O6S2/c1-12(16(23)20-18(25)21-19(2,3)4)28-17(24)13-8-5-6-9-14(13)22-30(26,27)15-10-7-11-29-15/h5-12,22H,1-4H3,(H2,20,21,23,25). The molecule has 1 aromatic carbocycles. The molecule has 1 unspecified atom stereocenters. The van der Waals surface area contributed by atoms with Gasteiger partial charge in [0.1, 0.15) is 4.21 Å². The van der Waals surface area contributed by atoms with Gasteiger partial charge in [-0.1, -0.05) is 18.2 Å². The summed E-state index contributed by atoms with van der Waals surface area (Å²) in [4.78, 5) is 36.4. The third-order valence-corrected chi connectivity index (χ3v) is 6.29. The van der Waals surface area contributed by atoms with Gasteiger partial charge in [0.15, 0.2) is 6.10 Å². The molecule has 1 aromatic heterocycles. The van der Waals surface area contributed by atoms with E-state index >= 15 is 0 Å². The minimum Gasteiger partial charge on any atom is -0.449 e. The van der Waals surface area contributed by atoms with Crippen molar-refractivity contribution in [2.75, 3.05) is 4.72 Å². The highest BCUT2D eigenvalue weighted by atomic mass is 32.2. The molecule has 3 amide bonds. The molecule has 0 aliphatic carbocycles. The third kappa shape index (κ3) is 6.56. The van der Waals surface area contributed by atoms with E-state index in [1.165, 1.54) is 31.2 Å². The summed E-state index contributed by atoms with van der Waals surface area (Å²) in [6, 6.07) is 8.16. The summed E-state index contributed by atoms with van der Waals surface area (Å²) >= 11 is 1.03. The molecule has 0 saturated heterocycles. The Morgan fingerprint density at radius 3 is 2.33 bits per heavy atom. The molecule has 2 aromatic rings. The number of anilines is 1. The van der Waals surface area contributed by atoms with E-state index in [0.717, 1.165) is 11.3 Å². The van der Waals surface area contributed by atoms with Gasteiger partial charge < -0.3 is 10.1 Å². The summed E-state index contributed by atoms with van der Waals surface area (Å²) in [5.74, 6) is -1.74. The summed E-state index contributed by atoms with van der Waals surface area (Å²) in [6.07, 6.45) is -1.29. The Kier molecular flexibility index (Phi) is 7.21. The van der Waals surface area contributed by atoms with Crippen LogP contribution >= 0.6 is 11.3 Å². The van der Waals surface area contributed by atoms with E-state index < -0.39 is 39.6 Å². The number of thiophene rings is 1. The van der Waals surface area contributed by atoms with Crippen LogP contribution in [-0.4, -0.2) is 38.0 Å². The highest BCUT2D eigenvalue weighted by Crippen LogP contribution is 2.23. The molecule has 0 saturated carbocycles. The number of hydrogen-bond donors (Lipinski definition) is 3. The fourth-order valence-electron chi connectivity index (χ4n) is 2.22. The average Bonchev–Trinajstić information content (AvgIpc) is 3.15. The van der Waals surface area contributed by atoms with Crippen LogP contribution in [0.2, 0.25) is 0 Å². The van der Waals surface area contributed by atoms with Gasteiger partial charge >= 0.3 is 12.0 Å².